The smallest absolute Gasteiger partial charge is 0.335 e. The van der Waals surface area contributed by atoms with Crippen LogP contribution < -0.4 is 5.32 Å². The molecule has 4 saturated carbocycles. The van der Waals surface area contributed by atoms with Gasteiger partial charge in [0.05, 0.1) is 25.4 Å². The monoisotopic (exact) mass is 849 g/mol. The fraction of sp³-hybridized carbons (Fsp3) is 0.889. The van der Waals surface area contributed by atoms with Crippen molar-refractivity contribution in [3.8, 4) is 0 Å². The maximum Gasteiger partial charge on any atom is 0.335 e. The minimum absolute atomic E-state index is 0.00126. The van der Waals surface area contributed by atoms with Crippen molar-refractivity contribution in [2.45, 2.75) is 175 Å². The van der Waals surface area contributed by atoms with Crippen LogP contribution >= 0.6 is 0 Å². The predicted octanol–water partition coefficient (Wildman–Crippen LogP) is 3.02. The third-order valence-electron chi connectivity index (χ3n) is 18.0. The quantitative estimate of drug-likeness (QED) is 0.147. The number of nitrogens with one attached hydrogen (secondary N) is 1. The second kappa shape index (κ2) is 15.9. The molecule has 19 atom stereocenters. The van der Waals surface area contributed by atoms with Gasteiger partial charge >= 0.3 is 11.9 Å². The first-order valence-corrected chi connectivity index (χ1v) is 22.2. The second-order valence-electron chi connectivity index (χ2n) is 21.9. The molecule has 0 radical (unpaired) electrons. The zero-order chi connectivity index (χ0) is 44.1. The van der Waals surface area contributed by atoms with Crippen LogP contribution in [0.4, 0.5) is 0 Å². The number of hydrogen-bond donors (Lipinski definition) is 8. The van der Waals surface area contributed by atoms with Gasteiger partial charge in [0.2, 0.25) is 0 Å². The number of rotatable bonds is 10. The number of carbonyl (C=O) groups excluding carboxylic acids is 1. The van der Waals surface area contributed by atoms with Gasteiger partial charge in [-0.1, -0.05) is 61.0 Å². The van der Waals surface area contributed by atoms with Gasteiger partial charge in [0.15, 0.2) is 24.5 Å². The molecule has 6 fully saturated rings. The lowest BCUT2D eigenvalue weighted by atomic mass is 9.33. The van der Waals surface area contributed by atoms with E-state index in [-0.39, 0.29) is 51.7 Å². The van der Waals surface area contributed by atoms with Crippen molar-refractivity contribution < 1.29 is 69.1 Å². The van der Waals surface area contributed by atoms with Gasteiger partial charge in [-0.05, 0) is 108 Å². The molecule has 15 nitrogen and oxygen atoms in total. The molecule has 340 valence electrons. The van der Waals surface area contributed by atoms with Crippen LogP contribution in [0.2, 0.25) is 0 Å². The molecule has 0 bridgehead atoms. The number of ketones is 1. The summed E-state index contributed by atoms with van der Waals surface area (Å²) in [5.41, 5.74) is -0.301. The highest BCUT2D eigenvalue weighted by molar-refractivity contribution is 5.95. The Morgan fingerprint density at radius 2 is 1.52 bits per heavy atom. The van der Waals surface area contributed by atoms with Crippen molar-refractivity contribution >= 4 is 17.7 Å². The standard InChI is InChI=1S/C45H71NO14/c1-22-30(51)26(20-47)57-38(31(22)52)60-35-33(54)32(53)34(37(55)56)59-39(35)58-28-10-11-43(6)27(40(28,2)3)9-12-45(8)36(43)25(48)17-23-24-18-41(4,21-46-19-29(49)50)13-14-42(24,5)15-16-44(23,45)7/h17,22,24,26-28,30-36,38-39,46-47,51-54H,9-16,18-21H2,1-8H3,(H,49,50)(H,55,56)/t22-,24-,26+,27-,28-,30-,31+,32-,33-,34-,35+,36+,38-,39-,41-,42+,43-,44+,45+/m0/s1. The van der Waals surface area contributed by atoms with Gasteiger partial charge in [-0.25, -0.2) is 4.79 Å². The average Bonchev–Trinajstić information content (AvgIpc) is 3.16. The highest BCUT2D eigenvalue weighted by Gasteiger charge is 2.70. The molecule has 7 rings (SSSR count). The topological polar surface area (TPSA) is 242 Å². The molecule has 60 heavy (non-hydrogen) atoms. The summed E-state index contributed by atoms with van der Waals surface area (Å²) in [6, 6.07) is 0. The summed E-state index contributed by atoms with van der Waals surface area (Å²) in [7, 11) is 0. The maximum absolute atomic E-state index is 15.0. The lowest BCUT2D eigenvalue weighted by Gasteiger charge is -2.70. The van der Waals surface area contributed by atoms with Gasteiger partial charge in [0.25, 0.3) is 0 Å². The summed E-state index contributed by atoms with van der Waals surface area (Å²) in [4.78, 5) is 38.6. The zero-order valence-electron chi connectivity index (χ0n) is 36.6. The van der Waals surface area contributed by atoms with E-state index in [9.17, 15) is 45.3 Å². The van der Waals surface area contributed by atoms with Crippen LogP contribution in [0.15, 0.2) is 11.6 Å². The molecular weight excluding hydrogens is 778 g/mol. The van der Waals surface area contributed by atoms with E-state index in [2.05, 4.69) is 53.8 Å². The predicted molar refractivity (Wildman–Crippen MR) is 215 cm³/mol. The first-order valence-electron chi connectivity index (χ1n) is 22.2. The molecule has 0 aromatic carbocycles. The first-order chi connectivity index (χ1) is 27.9. The van der Waals surface area contributed by atoms with Gasteiger partial charge in [-0.15, -0.1) is 0 Å². The minimum Gasteiger partial charge on any atom is -0.480 e. The number of carboxylic acid groups (broad SMARTS) is 2. The third kappa shape index (κ3) is 7.22. The largest absolute Gasteiger partial charge is 0.480 e. The lowest BCUT2D eigenvalue weighted by molar-refractivity contribution is -0.371. The van der Waals surface area contributed by atoms with Gasteiger partial charge in [0, 0.05) is 18.4 Å². The van der Waals surface area contributed by atoms with Gasteiger partial charge in [0.1, 0.15) is 30.5 Å². The van der Waals surface area contributed by atoms with E-state index in [4.69, 9.17) is 18.9 Å². The van der Waals surface area contributed by atoms with E-state index in [0.717, 1.165) is 44.9 Å². The third-order valence-corrected chi connectivity index (χ3v) is 18.0. The molecule has 0 aromatic heterocycles. The summed E-state index contributed by atoms with van der Waals surface area (Å²) in [6.45, 7) is 17.4. The number of ether oxygens (including phenoxy) is 4. The molecule has 0 spiro atoms. The first kappa shape index (κ1) is 46.0. The minimum atomic E-state index is -1.91. The Morgan fingerprint density at radius 1 is 0.833 bits per heavy atom. The summed E-state index contributed by atoms with van der Waals surface area (Å²) >= 11 is 0. The SMILES string of the molecule is C[C@@H]1[C@@H](O)[C@H](O[C@H]2[C@@H](O[C@H]3CC[C@]4(C)[C@H]5C(=O)C=C6[C@@H]7C[C@@](C)(CNCC(=O)O)CC[C@]7(C)CC[C@@]6(C)[C@]5(C)CC[C@H]4C3(C)C)O[C@H](C(=O)O)[C@@H](O)[C@@H]2O)O[C@H](CO)[C@H]1O. The number of fused-ring (bicyclic) bond motifs is 7. The van der Waals surface area contributed by atoms with Crippen LogP contribution in [0.25, 0.3) is 0 Å². The number of allylic oxidation sites excluding steroid dienone is 2. The Kier molecular flexibility index (Phi) is 12.2. The normalized spacial score (nSPS) is 51.3. The zero-order valence-corrected chi connectivity index (χ0v) is 36.6. The average molecular weight is 850 g/mol. The number of hydrogen-bond acceptors (Lipinski definition) is 13. The van der Waals surface area contributed by atoms with Gasteiger partial charge in [-0.3, -0.25) is 9.59 Å². The molecule has 15 heteroatoms. The van der Waals surface area contributed by atoms with Crippen molar-refractivity contribution in [2.75, 3.05) is 19.7 Å². The van der Waals surface area contributed by atoms with Crippen molar-refractivity contribution in [2.24, 2.45) is 56.2 Å². The van der Waals surface area contributed by atoms with Crippen molar-refractivity contribution in [1.29, 1.82) is 0 Å². The van der Waals surface area contributed by atoms with Crippen LogP contribution in [0, 0.1) is 56.2 Å². The summed E-state index contributed by atoms with van der Waals surface area (Å²) in [6.07, 6.45) is -4.62. The van der Waals surface area contributed by atoms with Crippen LogP contribution in [0.1, 0.15) is 113 Å². The Morgan fingerprint density at radius 3 is 2.17 bits per heavy atom. The summed E-state index contributed by atoms with van der Waals surface area (Å²) < 4.78 is 24.3. The number of aliphatic hydroxyl groups excluding tert-OH is 5. The van der Waals surface area contributed by atoms with Crippen LogP contribution in [-0.4, -0.2) is 135 Å². The molecule has 8 N–H and O–H groups in total. The molecule has 0 aromatic rings. The molecule has 5 aliphatic carbocycles. The fourth-order valence-corrected chi connectivity index (χ4v) is 14.1. The van der Waals surface area contributed by atoms with Gasteiger partial charge in [-0.2, -0.15) is 0 Å². The van der Waals surface area contributed by atoms with Crippen LogP contribution in [0.3, 0.4) is 0 Å². The molecule has 0 unspecified atom stereocenters. The van der Waals surface area contributed by atoms with E-state index < -0.39 is 96.7 Å². The number of carboxylic acids is 2. The number of carbonyl (C=O) groups is 3. The number of aliphatic carboxylic acids is 2. The Labute approximate surface area is 353 Å². The summed E-state index contributed by atoms with van der Waals surface area (Å²) in [5.74, 6) is -3.05. The van der Waals surface area contributed by atoms with Crippen molar-refractivity contribution in [1.82, 2.24) is 5.32 Å². The molecule has 2 aliphatic heterocycles. The van der Waals surface area contributed by atoms with E-state index in [1.165, 1.54) is 5.57 Å². The molecule has 7 aliphatic rings. The van der Waals surface area contributed by atoms with E-state index in [1.807, 2.05) is 6.08 Å². The molecule has 2 saturated heterocycles. The van der Waals surface area contributed by atoms with Crippen LogP contribution in [-0.2, 0) is 33.3 Å². The Balaban J connectivity index is 1.15. The Bertz CT molecular complexity index is 1700. The lowest BCUT2D eigenvalue weighted by Crippen LogP contribution is -2.68. The van der Waals surface area contributed by atoms with Crippen molar-refractivity contribution in [3.63, 3.8) is 0 Å². The fourth-order valence-electron chi connectivity index (χ4n) is 14.1. The van der Waals surface area contributed by atoms with E-state index in [0.29, 0.717) is 19.4 Å². The Hall–Kier alpha value is -2.05. The number of aliphatic hydroxyl groups is 5. The van der Waals surface area contributed by atoms with E-state index >= 15 is 4.79 Å². The molecular formula is C45H71NO14. The second-order valence-corrected chi connectivity index (χ2v) is 21.9. The molecule has 0 amide bonds. The summed E-state index contributed by atoms with van der Waals surface area (Å²) in [5, 5.41) is 76.0. The van der Waals surface area contributed by atoms with Crippen molar-refractivity contribution in [3.05, 3.63) is 11.6 Å². The van der Waals surface area contributed by atoms with Gasteiger partial charge < -0.3 is 60.0 Å². The van der Waals surface area contributed by atoms with E-state index in [1.54, 1.807) is 6.92 Å². The highest BCUT2D eigenvalue weighted by atomic mass is 16.8. The molecule has 2 heterocycles. The highest BCUT2D eigenvalue weighted by Crippen LogP contribution is 2.75. The maximum atomic E-state index is 15.0. The van der Waals surface area contributed by atoms with Crippen LogP contribution in [0.5, 0.6) is 0 Å².